The summed E-state index contributed by atoms with van der Waals surface area (Å²) in [6.07, 6.45) is 3.94. The van der Waals surface area contributed by atoms with Gasteiger partial charge < -0.3 is 24.0 Å². The zero-order valence-corrected chi connectivity index (χ0v) is 16.7. The molecule has 2 heterocycles. The second kappa shape index (κ2) is 8.86. The van der Waals surface area contributed by atoms with E-state index >= 15 is 0 Å². The van der Waals surface area contributed by atoms with Crippen LogP contribution in [0.15, 0.2) is 12.1 Å². The van der Waals surface area contributed by atoms with Gasteiger partial charge in [-0.2, -0.15) is 0 Å². The van der Waals surface area contributed by atoms with E-state index in [1.54, 1.807) is 38.0 Å². The Morgan fingerprint density at radius 1 is 1.08 bits per heavy atom. The van der Waals surface area contributed by atoms with E-state index in [0.717, 1.165) is 18.7 Å². The molecule has 1 unspecified atom stereocenters. The third-order valence-corrected chi connectivity index (χ3v) is 6.46. The number of amides is 1. The third kappa shape index (κ3) is 4.04. The standard InChI is InChI=1S/C19H28N2O4S/c1-23-15-11-14(12-16(24-2)18(15)25-3)19-21(17(22)13-26-19)10-9-20-7-5-4-6-8-20/h11-12,19H,4-10,13H2,1-3H3/p+1. The van der Waals surface area contributed by atoms with Crippen LogP contribution in [0.2, 0.25) is 0 Å². The SMILES string of the molecule is COc1cc(C2SCC(=O)N2CC[NH+]2CCCCC2)cc(OC)c1OC. The summed E-state index contributed by atoms with van der Waals surface area (Å²) >= 11 is 1.67. The molecule has 0 aliphatic carbocycles. The minimum Gasteiger partial charge on any atom is -0.493 e. The molecule has 6 nitrogen and oxygen atoms in total. The highest BCUT2D eigenvalue weighted by atomic mass is 32.2. The van der Waals surface area contributed by atoms with Crippen LogP contribution in [-0.2, 0) is 4.79 Å². The molecule has 1 amide bonds. The molecule has 0 aromatic heterocycles. The van der Waals surface area contributed by atoms with Crippen molar-refractivity contribution in [2.24, 2.45) is 0 Å². The Hall–Kier alpha value is -1.60. The van der Waals surface area contributed by atoms with Gasteiger partial charge in [0, 0.05) is 0 Å². The molecular weight excluding hydrogens is 352 g/mol. The van der Waals surface area contributed by atoms with Crippen molar-refractivity contribution in [2.75, 3.05) is 53.3 Å². The highest BCUT2D eigenvalue weighted by Crippen LogP contribution is 2.45. The lowest BCUT2D eigenvalue weighted by atomic mass is 10.1. The van der Waals surface area contributed by atoms with E-state index in [1.165, 1.54) is 32.4 Å². The molecule has 1 aromatic rings. The van der Waals surface area contributed by atoms with Crippen molar-refractivity contribution in [3.8, 4) is 17.2 Å². The first-order valence-electron chi connectivity index (χ1n) is 9.22. The molecule has 7 heteroatoms. The Kier molecular flexibility index (Phi) is 6.53. The minimum absolute atomic E-state index is 0.000367. The van der Waals surface area contributed by atoms with Gasteiger partial charge in [-0.1, -0.05) is 0 Å². The van der Waals surface area contributed by atoms with Crippen LogP contribution in [0.1, 0.15) is 30.2 Å². The highest BCUT2D eigenvalue weighted by molar-refractivity contribution is 8.00. The molecule has 144 valence electrons. The van der Waals surface area contributed by atoms with Gasteiger partial charge in [0.2, 0.25) is 11.7 Å². The number of nitrogens with one attached hydrogen (secondary N) is 1. The van der Waals surface area contributed by atoms with Crippen molar-refractivity contribution >= 4 is 17.7 Å². The zero-order valence-electron chi connectivity index (χ0n) is 15.9. The van der Waals surface area contributed by atoms with Crippen LogP contribution >= 0.6 is 11.8 Å². The summed E-state index contributed by atoms with van der Waals surface area (Å²) in [7, 11) is 4.83. The normalized spacial score (nSPS) is 21.1. The van der Waals surface area contributed by atoms with Crippen LogP contribution in [0.25, 0.3) is 0 Å². The second-order valence-electron chi connectivity index (χ2n) is 6.77. The fraction of sp³-hybridized carbons (Fsp3) is 0.632. The number of ether oxygens (including phenoxy) is 3. The number of benzene rings is 1. The van der Waals surface area contributed by atoms with Crippen LogP contribution in [0.4, 0.5) is 0 Å². The van der Waals surface area contributed by atoms with Crippen LogP contribution in [0.5, 0.6) is 17.2 Å². The van der Waals surface area contributed by atoms with E-state index in [1.807, 2.05) is 17.0 Å². The van der Waals surface area contributed by atoms with Gasteiger partial charge in [-0.05, 0) is 37.0 Å². The maximum Gasteiger partial charge on any atom is 0.234 e. The first-order chi connectivity index (χ1) is 12.7. The van der Waals surface area contributed by atoms with Gasteiger partial charge in [-0.15, -0.1) is 11.8 Å². The Morgan fingerprint density at radius 2 is 1.73 bits per heavy atom. The van der Waals surface area contributed by atoms with Crippen LogP contribution in [-0.4, -0.2) is 64.1 Å². The number of quaternary nitrogens is 1. The molecule has 2 fully saturated rings. The number of methoxy groups -OCH3 is 3. The van der Waals surface area contributed by atoms with Crippen molar-refractivity contribution in [3.05, 3.63) is 17.7 Å². The van der Waals surface area contributed by atoms with Gasteiger partial charge in [0.15, 0.2) is 11.5 Å². The predicted molar refractivity (Wildman–Crippen MR) is 102 cm³/mol. The zero-order chi connectivity index (χ0) is 18.5. The van der Waals surface area contributed by atoms with E-state index in [-0.39, 0.29) is 11.3 Å². The van der Waals surface area contributed by atoms with Gasteiger partial charge in [0.05, 0.1) is 53.3 Å². The monoisotopic (exact) mass is 381 g/mol. The first-order valence-corrected chi connectivity index (χ1v) is 10.3. The van der Waals surface area contributed by atoms with Gasteiger partial charge in [-0.3, -0.25) is 4.79 Å². The number of hydrogen-bond donors (Lipinski definition) is 1. The van der Waals surface area contributed by atoms with Crippen LogP contribution in [0, 0.1) is 0 Å². The molecule has 1 atom stereocenters. The average molecular weight is 382 g/mol. The maximum atomic E-state index is 12.5. The number of carbonyl (C=O) groups is 1. The van der Waals surface area contributed by atoms with E-state index in [9.17, 15) is 4.79 Å². The summed E-state index contributed by atoms with van der Waals surface area (Å²) < 4.78 is 16.4. The lowest BCUT2D eigenvalue weighted by Gasteiger charge is -2.29. The Morgan fingerprint density at radius 3 is 2.31 bits per heavy atom. The summed E-state index contributed by atoms with van der Waals surface area (Å²) in [5.41, 5.74) is 1.02. The van der Waals surface area contributed by atoms with Gasteiger partial charge in [0.25, 0.3) is 0 Å². The molecule has 0 bridgehead atoms. The third-order valence-electron chi connectivity index (χ3n) is 5.21. The number of thioether (sulfide) groups is 1. The van der Waals surface area contributed by atoms with E-state index in [4.69, 9.17) is 14.2 Å². The van der Waals surface area contributed by atoms with Crippen molar-refractivity contribution < 1.29 is 23.9 Å². The summed E-state index contributed by atoms with van der Waals surface area (Å²) in [6, 6.07) is 3.91. The van der Waals surface area contributed by atoms with E-state index in [0.29, 0.717) is 23.0 Å². The first kappa shape index (κ1) is 19.2. The summed E-state index contributed by atoms with van der Waals surface area (Å²) in [5, 5.41) is 0.000367. The maximum absolute atomic E-state index is 12.5. The Labute approximate surface area is 159 Å². The smallest absolute Gasteiger partial charge is 0.234 e. The topological polar surface area (TPSA) is 52.4 Å². The fourth-order valence-corrected chi connectivity index (χ4v) is 4.99. The summed E-state index contributed by atoms with van der Waals surface area (Å²) in [4.78, 5) is 16.1. The molecule has 26 heavy (non-hydrogen) atoms. The molecule has 3 rings (SSSR count). The summed E-state index contributed by atoms with van der Waals surface area (Å²) in [6.45, 7) is 4.27. The number of nitrogens with zero attached hydrogens (tertiary/aromatic N) is 1. The Bertz CT molecular complexity index is 609. The van der Waals surface area contributed by atoms with Crippen molar-refractivity contribution in [1.29, 1.82) is 0 Å². The molecule has 2 saturated heterocycles. The van der Waals surface area contributed by atoms with Gasteiger partial charge in [-0.25, -0.2) is 0 Å². The summed E-state index contributed by atoms with van der Waals surface area (Å²) in [5.74, 6) is 2.57. The Balaban J connectivity index is 1.78. The number of piperidine rings is 1. The van der Waals surface area contributed by atoms with E-state index < -0.39 is 0 Å². The largest absolute Gasteiger partial charge is 0.493 e. The van der Waals surface area contributed by atoms with Crippen molar-refractivity contribution in [1.82, 2.24) is 4.90 Å². The molecule has 2 aliphatic rings. The quantitative estimate of drug-likeness (QED) is 0.773. The van der Waals surface area contributed by atoms with Crippen molar-refractivity contribution in [2.45, 2.75) is 24.6 Å². The number of carbonyl (C=O) groups excluding carboxylic acids is 1. The lowest BCUT2D eigenvalue weighted by Crippen LogP contribution is -3.13. The molecule has 0 saturated carbocycles. The van der Waals surface area contributed by atoms with Crippen LogP contribution in [0.3, 0.4) is 0 Å². The van der Waals surface area contributed by atoms with Gasteiger partial charge >= 0.3 is 0 Å². The molecule has 0 radical (unpaired) electrons. The highest BCUT2D eigenvalue weighted by Gasteiger charge is 2.34. The predicted octanol–water partition coefficient (Wildman–Crippen LogP) is 1.36. The van der Waals surface area contributed by atoms with E-state index in [2.05, 4.69) is 0 Å². The average Bonchev–Trinajstić information content (AvgIpc) is 3.06. The molecule has 0 spiro atoms. The number of likely N-dealkylation sites (tertiary alicyclic amines) is 1. The second-order valence-corrected chi connectivity index (χ2v) is 7.84. The van der Waals surface area contributed by atoms with Crippen molar-refractivity contribution in [3.63, 3.8) is 0 Å². The van der Waals surface area contributed by atoms with Crippen LogP contribution < -0.4 is 19.1 Å². The molecule has 2 aliphatic heterocycles. The van der Waals surface area contributed by atoms with Gasteiger partial charge in [0.1, 0.15) is 5.37 Å². The number of hydrogen-bond acceptors (Lipinski definition) is 5. The minimum atomic E-state index is 0.000367. The number of rotatable bonds is 7. The fourth-order valence-electron chi connectivity index (χ4n) is 3.80. The lowest BCUT2D eigenvalue weighted by molar-refractivity contribution is -0.904. The molecule has 1 N–H and O–H groups in total. The molecule has 1 aromatic carbocycles. The molecular formula is C19H29N2O4S+.